The van der Waals surface area contributed by atoms with Crippen LogP contribution >= 0.6 is 23.2 Å². The number of fused-ring (bicyclic) bond motifs is 1. The third kappa shape index (κ3) is 4.52. The maximum atomic E-state index is 13.6. The molecule has 0 aliphatic carbocycles. The molecule has 3 aromatic carbocycles. The predicted octanol–water partition coefficient (Wildman–Crippen LogP) is 4.98. The summed E-state index contributed by atoms with van der Waals surface area (Å²) in [5.41, 5.74) is 1.24. The van der Waals surface area contributed by atoms with Gasteiger partial charge >= 0.3 is 0 Å². The average molecular weight is 478 g/mol. The van der Waals surface area contributed by atoms with E-state index in [2.05, 4.69) is 0 Å². The van der Waals surface area contributed by atoms with Crippen LogP contribution in [0.3, 0.4) is 0 Å². The molecule has 0 aromatic heterocycles. The van der Waals surface area contributed by atoms with Crippen molar-refractivity contribution in [2.75, 3.05) is 18.6 Å². The summed E-state index contributed by atoms with van der Waals surface area (Å²) in [6.45, 7) is 0.279. The lowest BCUT2D eigenvalue weighted by Crippen LogP contribution is -2.40. The number of carbonyl (C=O) groups excluding carboxylic acids is 1. The molecule has 1 unspecified atom stereocenters. The Labute approximate surface area is 191 Å². The van der Waals surface area contributed by atoms with Crippen molar-refractivity contribution in [2.24, 2.45) is 0 Å². The summed E-state index contributed by atoms with van der Waals surface area (Å²) < 4.78 is 29.5. The van der Waals surface area contributed by atoms with Gasteiger partial charge in [-0.3, -0.25) is 4.79 Å². The first-order valence-corrected chi connectivity index (χ1v) is 12.4. The molecule has 4 rings (SSSR count). The van der Waals surface area contributed by atoms with Gasteiger partial charge in [-0.15, -0.1) is 0 Å². The highest BCUT2D eigenvalue weighted by Crippen LogP contribution is 2.35. The summed E-state index contributed by atoms with van der Waals surface area (Å²) in [7, 11) is -1.73. The quantitative estimate of drug-likeness (QED) is 0.519. The van der Waals surface area contributed by atoms with Crippen LogP contribution in [-0.2, 0) is 16.4 Å². The van der Waals surface area contributed by atoms with Crippen molar-refractivity contribution >= 4 is 49.7 Å². The molecule has 5 nitrogen and oxygen atoms in total. The van der Waals surface area contributed by atoms with Gasteiger partial charge in [0.1, 0.15) is 0 Å². The van der Waals surface area contributed by atoms with Crippen molar-refractivity contribution in [3.05, 3.63) is 75.8 Å². The molecular weight excluding hydrogens is 457 g/mol. The second-order valence-corrected chi connectivity index (χ2v) is 10.6. The number of rotatable bonds is 5. The number of ether oxygens (including phenoxy) is 1. The smallest absolute Gasteiger partial charge is 0.254 e. The van der Waals surface area contributed by atoms with Crippen LogP contribution < -0.4 is 4.74 Å². The van der Waals surface area contributed by atoms with Gasteiger partial charge in [0.15, 0.2) is 15.6 Å². The van der Waals surface area contributed by atoms with E-state index in [1.165, 1.54) is 19.2 Å². The molecule has 3 aromatic rings. The Morgan fingerprint density at radius 1 is 1.10 bits per heavy atom. The molecule has 162 valence electrons. The second kappa shape index (κ2) is 8.69. The van der Waals surface area contributed by atoms with Gasteiger partial charge in [0, 0.05) is 18.2 Å². The lowest BCUT2D eigenvalue weighted by molar-refractivity contribution is 0.0682. The molecule has 0 spiro atoms. The number of hydrogen-bond acceptors (Lipinski definition) is 4. The number of methoxy groups -OCH3 is 1. The van der Waals surface area contributed by atoms with Gasteiger partial charge < -0.3 is 9.64 Å². The highest BCUT2D eigenvalue weighted by Gasteiger charge is 2.35. The molecule has 1 heterocycles. The van der Waals surface area contributed by atoms with Crippen LogP contribution in [0.25, 0.3) is 10.8 Å². The molecule has 1 amide bonds. The number of amides is 1. The molecule has 8 heteroatoms. The fourth-order valence-electron chi connectivity index (χ4n) is 4.05. The first-order chi connectivity index (χ1) is 14.8. The van der Waals surface area contributed by atoms with Crippen LogP contribution in [0.15, 0.2) is 54.6 Å². The molecule has 1 aliphatic rings. The third-order valence-corrected chi connectivity index (χ3v) is 7.89. The molecule has 0 N–H and O–H groups in total. The Hall–Kier alpha value is -2.28. The van der Waals surface area contributed by atoms with E-state index in [0.717, 1.165) is 16.3 Å². The van der Waals surface area contributed by atoms with Crippen LogP contribution in [0.5, 0.6) is 5.75 Å². The topological polar surface area (TPSA) is 63.7 Å². The van der Waals surface area contributed by atoms with Crippen molar-refractivity contribution in [2.45, 2.75) is 19.0 Å². The van der Waals surface area contributed by atoms with Gasteiger partial charge in [0.05, 0.1) is 28.7 Å². The highest BCUT2D eigenvalue weighted by molar-refractivity contribution is 7.91. The van der Waals surface area contributed by atoms with Crippen LogP contribution in [0, 0.1) is 0 Å². The van der Waals surface area contributed by atoms with Crippen LogP contribution in [-0.4, -0.2) is 43.9 Å². The summed E-state index contributed by atoms with van der Waals surface area (Å²) in [6, 6.07) is 16.4. The number of nitrogens with zero attached hydrogens (tertiary/aromatic N) is 1. The van der Waals surface area contributed by atoms with Gasteiger partial charge in [0.25, 0.3) is 5.91 Å². The normalized spacial score (nSPS) is 17.6. The minimum Gasteiger partial charge on any atom is -0.494 e. The number of benzene rings is 3. The summed E-state index contributed by atoms with van der Waals surface area (Å²) in [4.78, 5) is 15.2. The van der Waals surface area contributed by atoms with E-state index in [1.807, 2.05) is 42.5 Å². The van der Waals surface area contributed by atoms with E-state index in [-0.39, 0.29) is 34.0 Å². The zero-order valence-corrected chi connectivity index (χ0v) is 19.2. The lowest BCUT2D eigenvalue weighted by Gasteiger charge is -2.29. The lowest BCUT2D eigenvalue weighted by atomic mass is 10.0. The van der Waals surface area contributed by atoms with Crippen molar-refractivity contribution in [1.29, 1.82) is 0 Å². The van der Waals surface area contributed by atoms with Crippen LogP contribution in [0.2, 0.25) is 10.0 Å². The highest BCUT2D eigenvalue weighted by atomic mass is 35.5. The number of hydrogen-bond donors (Lipinski definition) is 0. The Balaban J connectivity index is 1.75. The molecule has 1 saturated heterocycles. The SMILES string of the molecule is COc1c(Cl)cc(C(=O)N(Cc2cccc3ccccc23)C2CCS(=O)(=O)C2)cc1Cl. The molecule has 1 fully saturated rings. The Bertz CT molecular complexity index is 1230. The molecule has 0 saturated carbocycles. The fourth-order valence-corrected chi connectivity index (χ4v) is 6.42. The third-order valence-electron chi connectivity index (χ3n) is 5.58. The number of halogens is 2. The molecule has 31 heavy (non-hydrogen) atoms. The zero-order valence-electron chi connectivity index (χ0n) is 16.8. The maximum Gasteiger partial charge on any atom is 0.254 e. The van der Waals surface area contributed by atoms with E-state index in [9.17, 15) is 13.2 Å². The van der Waals surface area contributed by atoms with Crippen molar-refractivity contribution in [3.8, 4) is 5.75 Å². The van der Waals surface area contributed by atoms with E-state index in [0.29, 0.717) is 17.7 Å². The van der Waals surface area contributed by atoms with Crippen LogP contribution in [0.1, 0.15) is 22.3 Å². The van der Waals surface area contributed by atoms with Gasteiger partial charge in [0.2, 0.25) is 0 Å². The monoisotopic (exact) mass is 477 g/mol. The van der Waals surface area contributed by atoms with Crippen LogP contribution in [0.4, 0.5) is 0 Å². The van der Waals surface area contributed by atoms with Crippen molar-refractivity contribution in [3.63, 3.8) is 0 Å². The summed E-state index contributed by atoms with van der Waals surface area (Å²) in [5, 5.41) is 2.53. The largest absolute Gasteiger partial charge is 0.494 e. The van der Waals surface area contributed by atoms with E-state index in [1.54, 1.807) is 4.90 Å². The molecule has 0 bridgehead atoms. The Morgan fingerprint density at radius 3 is 2.42 bits per heavy atom. The van der Waals surface area contributed by atoms with E-state index < -0.39 is 15.9 Å². The summed E-state index contributed by atoms with van der Waals surface area (Å²) in [6.07, 6.45) is 0.399. The molecule has 1 aliphatic heterocycles. The zero-order chi connectivity index (χ0) is 22.2. The summed E-state index contributed by atoms with van der Waals surface area (Å²) >= 11 is 12.5. The average Bonchev–Trinajstić information content (AvgIpc) is 3.10. The van der Waals surface area contributed by atoms with Gasteiger partial charge in [-0.2, -0.15) is 0 Å². The van der Waals surface area contributed by atoms with Gasteiger partial charge in [-0.1, -0.05) is 65.7 Å². The molecule has 1 atom stereocenters. The van der Waals surface area contributed by atoms with Gasteiger partial charge in [-0.05, 0) is 34.9 Å². The van der Waals surface area contributed by atoms with Crippen molar-refractivity contribution < 1.29 is 17.9 Å². The molecular formula is C23H21Cl2NO4S. The van der Waals surface area contributed by atoms with Gasteiger partial charge in [-0.25, -0.2) is 8.42 Å². The molecule has 0 radical (unpaired) electrons. The summed E-state index contributed by atoms with van der Waals surface area (Å²) in [5.74, 6) is -0.00666. The number of sulfone groups is 1. The minimum atomic E-state index is -3.18. The minimum absolute atomic E-state index is 0.0544. The fraction of sp³-hybridized carbons (Fsp3) is 0.261. The van der Waals surface area contributed by atoms with E-state index >= 15 is 0 Å². The first-order valence-electron chi connectivity index (χ1n) is 9.80. The Kier molecular flexibility index (Phi) is 6.15. The standard InChI is InChI=1S/C23H21Cl2NO4S/c1-30-22-20(24)11-17(12-21(22)25)23(27)26(18-9-10-31(28,29)14-18)13-16-7-4-6-15-5-2-3-8-19(15)16/h2-8,11-12,18H,9-10,13-14H2,1H3. The van der Waals surface area contributed by atoms with Crippen molar-refractivity contribution in [1.82, 2.24) is 4.90 Å². The number of carbonyl (C=O) groups is 1. The first kappa shape index (κ1) is 21.9. The maximum absolute atomic E-state index is 13.6. The Morgan fingerprint density at radius 2 is 1.77 bits per heavy atom. The predicted molar refractivity (Wildman–Crippen MR) is 124 cm³/mol. The van der Waals surface area contributed by atoms with E-state index in [4.69, 9.17) is 27.9 Å². The second-order valence-electron chi connectivity index (χ2n) is 7.60.